The van der Waals surface area contributed by atoms with Gasteiger partial charge in [0.1, 0.15) is 0 Å². The first-order valence-electron chi connectivity index (χ1n) is 5.89. The summed E-state index contributed by atoms with van der Waals surface area (Å²) in [5, 5.41) is 9.55. The predicted octanol–water partition coefficient (Wildman–Crippen LogP) is 0.755. The maximum atomic E-state index is 9.55. The van der Waals surface area contributed by atoms with E-state index in [4.69, 9.17) is 11.6 Å². The van der Waals surface area contributed by atoms with Crippen LogP contribution in [0.15, 0.2) is 0 Å². The molecule has 0 radical (unpaired) electrons. The van der Waals surface area contributed by atoms with Gasteiger partial charge in [0.2, 0.25) is 0 Å². The Labute approximate surface area is 97.0 Å². The smallest absolute Gasteiger partial charge is 0.0802 e. The van der Waals surface area contributed by atoms with E-state index in [1.165, 1.54) is 19.3 Å². The number of nitrogens with zero attached hydrogens (tertiary/aromatic N) is 2. The minimum absolute atomic E-state index is 0.348. The number of rotatable bonds is 3. The molecular formula is C11H21ClN2O. The Morgan fingerprint density at radius 2 is 2.07 bits per heavy atom. The third-order valence-corrected chi connectivity index (χ3v) is 4.24. The molecule has 2 saturated heterocycles. The van der Waals surface area contributed by atoms with Crippen molar-refractivity contribution in [2.24, 2.45) is 0 Å². The molecule has 2 fully saturated rings. The fraction of sp³-hybridized carbons (Fsp3) is 1.00. The van der Waals surface area contributed by atoms with Gasteiger partial charge in [0.25, 0.3) is 0 Å². The van der Waals surface area contributed by atoms with E-state index in [2.05, 4.69) is 16.8 Å². The number of alkyl halides is 1. The molecule has 0 aromatic heterocycles. The van der Waals surface area contributed by atoms with Crippen molar-refractivity contribution in [2.45, 2.75) is 37.5 Å². The van der Waals surface area contributed by atoms with Gasteiger partial charge in [-0.3, -0.25) is 9.80 Å². The van der Waals surface area contributed by atoms with Gasteiger partial charge in [-0.05, 0) is 32.9 Å². The lowest BCUT2D eigenvalue weighted by molar-refractivity contribution is 0.121. The van der Waals surface area contributed by atoms with Gasteiger partial charge in [0.15, 0.2) is 0 Å². The normalized spacial score (nSPS) is 35.4. The molecule has 0 aromatic rings. The molecule has 2 aliphatic heterocycles. The van der Waals surface area contributed by atoms with Crippen molar-refractivity contribution < 1.29 is 5.11 Å². The quantitative estimate of drug-likeness (QED) is 0.728. The van der Waals surface area contributed by atoms with Crippen molar-refractivity contribution in [2.75, 3.05) is 32.6 Å². The molecule has 2 aliphatic rings. The zero-order valence-electron chi connectivity index (χ0n) is 9.40. The van der Waals surface area contributed by atoms with E-state index in [0.717, 1.165) is 25.7 Å². The molecule has 2 rings (SSSR count). The van der Waals surface area contributed by atoms with Crippen LogP contribution in [0, 0.1) is 0 Å². The molecule has 2 heterocycles. The summed E-state index contributed by atoms with van der Waals surface area (Å²) >= 11 is 5.63. The largest absolute Gasteiger partial charge is 0.391 e. The third kappa shape index (κ3) is 2.64. The highest BCUT2D eigenvalue weighted by Crippen LogP contribution is 2.28. The van der Waals surface area contributed by atoms with Crippen LogP contribution in [0.3, 0.4) is 0 Å². The maximum absolute atomic E-state index is 9.55. The fourth-order valence-corrected chi connectivity index (χ4v) is 2.99. The summed E-state index contributed by atoms with van der Waals surface area (Å²) in [6, 6.07) is 1.47. The van der Waals surface area contributed by atoms with E-state index < -0.39 is 0 Å². The van der Waals surface area contributed by atoms with E-state index in [1.54, 1.807) is 0 Å². The summed E-state index contributed by atoms with van der Waals surface area (Å²) < 4.78 is 0. The molecule has 0 aliphatic carbocycles. The van der Waals surface area contributed by atoms with Gasteiger partial charge in [0, 0.05) is 31.1 Å². The minimum atomic E-state index is -0.367. The molecule has 0 amide bonds. The first-order chi connectivity index (χ1) is 7.20. The number of β-amino-alcohol motifs (C(OH)–C–C–N with tert-alkyl or cyclic N) is 1. The van der Waals surface area contributed by atoms with Crippen molar-refractivity contribution in [3.8, 4) is 0 Å². The summed E-state index contributed by atoms with van der Waals surface area (Å²) in [7, 11) is 2.24. The van der Waals surface area contributed by atoms with Crippen LogP contribution >= 0.6 is 11.6 Å². The summed E-state index contributed by atoms with van der Waals surface area (Å²) in [5.74, 6) is 0.348. The molecule has 4 heteroatoms. The van der Waals surface area contributed by atoms with Crippen molar-refractivity contribution in [3.63, 3.8) is 0 Å². The Hall–Kier alpha value is 0.170. The van der Waals surface area contributed by atoms with Crippen molar-refractivity contribution >= 4 is 11.6 Å². The van der Waals surface area contributed by atoms with Crippen LogP contribution < -0.4 is 0 Å². The van der Waals surface area contributed by atoms with Crippen LogP contribution in [0.1, 0.15) is 19.3 Å². The number of aliphatic hydroxyl groups is 1. The average Bonchev–Trinajstić information content (AvgIpc) is 2.46. The third-order valence-electron chi connectivity index (χ3n) is 3.88. The zero-order valence-corrected chi connectivity index (χ0v) is 10.2. The monoisotopic (exact) mass is 232 g/mol. The summed E-state index contributed by atoms with van der Waals surface area (Å²) in [6.45, 7) is 2.95. The van der Waals surface area contributed by atoms with E-state index in [-0.39, 0.29) is 6.10 Å². The number of aliphatic hydroxyl groups excluding tert-OH is 1. The molecule has 2 bridgehead atoms. The second-order valence-corrected chi connectivity index (χ2v) is 5.22. The van der Waals surface area contributed by atoms with Crippen molar-refractivity contribution in [3.05, 3.63) is 0 Å². The lowest BCUT2D eigenvalue weighted by Gasteiger charge is -2.26. The van der Waals surface area contributed by atoms with Crippen LogP contribution in [0.2, 0.25) is 0 Å². The molecule has 88 valence electrons. The number of halogens is 1. The zero-order chi connectivity index (χ0) is 10.8. The Kier molecular flexibility index (Phi) is 3.88. The number of likely N-dealkylation sites (tertiary alicyclic amines) is 1. The van der Waals surface area contributed by atoms with Crippen LogP contribution in [0.25, 0.3) is 0 Å². The number of likely N-dealkylation sites (N-methyl/N-ethyl adjacent to an activating group) is 1. The highest BCUT2D eigenvalue weighted by atomic mass is 35.5. The first kappa shape index (κ1) is 11.6. The van der Waals surface area contributed by atoms with Gasteiger partial charge in [0.05, 0.1) is 6.10 Å². The first-order valence-corrected chi connectivity index (χ1v) is 6.42. The molecule has 0 aromatic carbocycles. The highest BCUT2D eigenvalue weighted by Gasteiger charge is 2.34. The molecule has 0 spiro atoms. The molecule has 3 atom stereocenters. The minimum Gasteiger partial charge on any atom is -0.391 e. The van der Waals surface area contributed by atoms with Gasteiger partial charge < -0.3 is 5.11 Å². The molecule has 1 N–H and O–H groups in total. The Morgan fingerprint density at radius 3 is 2.80 bits per heavy atom. The van der Waals surface area contributed by atoms with E-state index in [1.807, 2.05) is 0 Å². The molecule has 3 unspecified atom stereocenters. The Morgan fingerprint density at radius 1 is 1.33 bits per heavy atom. The predicted molar refractivity (Wildman–Crippen MR) is 62.4 cm³/mol. The number of hydrogen-bond acceptors (Lipinski definition) is 3. The van der Waals surface area contributed by atoms with Crippen LogP contribution in [0.5, 0.6) is 0 Å². The molecule has 0 saturated carbocycles. The lowest BCUT2D eigenvalue weighted by atomic mass is 10.1. The number of fused-ring (bicyclic) bond motifs is 2. The van der Waals surface area contributed by atoms with Crippen LogP contribution in [-0.4, -0.2) is 65.7 Å². The Balaban J connectivity index is 1.89. The summed E-state index contributed by atoms with van der Waals surface area (Å²) in [5.41, 5.74) is 0. The van der Waals surface area contributed by atoms with Gasteiger partial charge in [-0.1, -0.05) is 0 Å². The maximum Gasteiger partial charge on any atom is 0.0802 e. The van der Waals surface area contributed by atoms with E-state index in [9.17, 15) is 5.11 Å². The van der Waals surface area contributed by atoms with Crippen LogP contribution in [0.4, 0.5) is 0 Å². The number of hydrogen-bond donors (Lipinski definition) is 1. The van der Waals surface area contributed by atoms with Gasteiger partial charge in [-0.2, -0.15) is 0 Å². The van der Waals surface area contributed by atoms with Crippen molar-refractivity contribution in [1.29, 1.82) is 0 Å². The Bertz CT molecular complexity index is 215. The lowest BCUT2D eigenvalue weighted by Crippen LogP contribution is -2.40. The molecule has 3 nitrogen and oxygen atoms in total. The van der Waals surface area contributed by atoms with Crippen LogP contribution in [-0.2, 0) is 0 Å². The SMILES string of the molecule is CN1C2CCC1CN(CC(O)CCl)CC2. The molecular weight excluding hydrogens is 212 g/mol. The topological polar surface area (TPSA) is 26.7 Å². The van der Waals surface area contributed by atoms with Gasteiger partial charge >= 0.3 is 0 Å². The highest BCUT2D eigenvalue weighted by molar-refractivity contribution is 6.18. The van der Waals surface area contributed by atoms with Gasteiger partial charge in [-0.15, -0.1) is 11.6 Å². The molecule has 15 heavy (non-hydrogen) atoms. The second-order valence-electron chi connectivity index (χ2n) is 4.91. The average molecular weight is 233 g/mol. The second kappa shape index (κ2) is 5.00. The van der Waals surface area contributed by atoms with E-state index in [0.29, 0.717) is 11.9 Å². The van der Waals surface area contributed by atoms with Gasteiger partial charge in [-0.25, -0.2) is 0 Å². The summed E-state index contributed by atoms with van der Waals surface area (Å²) in [6.07, 6.45) is 3.54. The van der Waals surface area contributed by atoms with E-state index >= 15 is 0 Å². The van der Waals surface area contributed by atoms with Crippen molar-refractivity contribution in [1.82, 2.24) is 9.80 Å². The standard InChI is InChI=1S/C11H21ClN2O/c1-13-9-2-3-10(13)7-14(5-4-9)8-11(15)6-12/h9-11,15H,2-8H2,1H3. The fourth-order valence-electron chi connectivity index (χ4n) is 2.89. The summed E-state index contributed by atoms with van der Waals surface area (Å²) in [4.78, 5) is 4.89.